The van der Waals surface area contributed by atoms with Crippen LogP contribution >= 0.6 is 33.2 Å². The van der Waals surface area contributed by atoms with Crippen LogP contribution in [0, 0.1) is 11.8 Å². The first-order chi connectivity index (χ1) is 57.6. The number of likely N-dealkylation sites (N-methyl/N-ethyl adjacent to an activating group) is 2. The Morgan fingerprint density at radius 2 is 1.49 bits per heavy atom. The van der Waals surface area contributed by atoms with Crippen LogP contribution in [0.15, 0.2) is 121 Å². The molecule has 3 fully saturated rings. The SMILES string of the molecule is COc1cc2cc(c1Cl)N(C)C(=O)CC[C@H](OC(=O)[C@H](C)N(C)C(=O)CCSSCC(=O)NCCNC(=O)CC[C@H]1C(=O)N[C@@H](Cc3ccc(O)cc3)C(=O)N[C@H](Cc3c[nH]c4ccccc34)C(=O)C[C@@H](CCCCN)C(=O)N[C@@H]([C@@H](C)O)C(=O)N[C@@H](Cc3ccccc3)C(=O)N1C)[C@]1(C)O[C@H]1[C@H](C)[C@@H]1C[C@@](O)(NC(=O)O1)[C@H](OC)/C=C/C=C(\C)C2. The number of nitrogens with zero attached hydrogens (tertiary/aromatic N) is 3. The summed E-state index contributed by atoms with van der Waals surface area (Å²) < 4.78 is 29.7. The van der Waals surface area contributed by atoms with E-state index in [-0.39, 0.29) is 106 Å². The van der Waals surface area contributed by atoms with Crippen LogP contribution in [0.2, 0.25) is 5.02 Å². The normalized spacial score (nSPS) is 26.1. The molecule has 1 aromatic heterocycles. The van der Waals surface area contributed by atoms with E-state index in [4.69, 9.17) is 41.0 Å². The third-order valence-electron chi connectivity index (χ3n) is 22.6. The van der Waals surface area contributed by atoms with E-state index in [0.717, 1.165) is 37.7 Å². The summed E-state index contributed by atoms with van der Waals surface area (Å²) in [6, 6.07) is 16.7. The van der Waals surface area contributed by atoms with Crippen molar-refractivity contribution in [2.24, 2.45) is 17.6 Å². The van der Waals surface area contributed by atoms with Crippen molar-refractivity contribution < 1.29 is 96.5 Å². The number of Topliss-reactive ketones (excluding diaryl/α,β-unsaturated/α-hetero) is 1. The molecule has 5 aromatic rings. The zero-order chi connectivity index (χ0) is 88.0. The number of nitrogens with one attached hydrogen (secondary N) is 8. The second-order valence-corrected chi connectivity index (χ2v) is 34.4. The number of aliphatic hydroxyl groups is 2. The lowest BCUT2D eigenvalue weighted by Crippen LogP contribution is -2.63. The van der Waals surface area contributed by atoms with Crippen molar-refractivity contribution >= 4 is 121 Å². The lowest BCUT2D eigenvalue weighted by molar-refractivity contribution is -0.161. The van der Waals surface area contributed by atoms with Gasteiger partial charge in [-0.05, 0) is 119 Å². The zero-order valence-corrected chi connectivity index (χ0v) is 72.2. The number of nitrogens with two attached hydrogens (primary N) is 1. The molecular weight excluding hydrogens is 1620 g/mol. The number of methoxy groups -OCH3 is 2. The van der Waals surface area contributed by atoms with Crippen molar-refractivity contribution in [2.75, 3.05) is 71.4 Å². The minimum atomic E-state index is -1.91. The fourth-order valence-electron chi connectivity index (χ4n) is 15.2. The van der Waals surface area contributed by atoms with Gasteiger partial charge in [0.1, 0.15) is 70.6 Å². The maximum atomic E-state index is 15.2. The quantitative estimate of drug-likeness (QED) is 0.0128. The lowest BCUT2D eigenvalue weighted by Gasteiger charge is -2.42. The van der Waals surface area contributed by atoms with Crippen molar-refractivity contribution in [1.82, 2.24) is 52.0 Å². The number of unbranched alkanes of at least 4 members (excludes halogenated alkanes) is 1. The molecule has 4 aliphatic rings. The van der Waals surface area contributed by atoms with Crippen LogP contribution in [0.4, 0.5) is 10.5 Å². The van der Waals surface area contributed by atoms with Crippen LogP contribution in [-0.4, -0.2) is 246 Å². The molecule has 32 nitrogen and oxygen atoms in total. The molecule has 0 spiro atoms. The Labute approximate surface area is 716 Å². The number of ketones is 1. The predicted octanol–water partition coefficient (Wildman–Crippen LogP) is 5.47. The molecule has 4 aliphatic heterocycles. The number of alkyl carbamates (subject to hydrolysis) is 1. The number of aliphatic hydroxyl groups excluding tert-OH is 1. The molecule has 35 heteroatoms. The highest BCUT2D eigenvalue weighted by Crippen LogP contribution is 2.49. The number of hydrogen-bond acceptors (Lipinski definition) is 23. The molecule has 9 rings (SSSR count). The van der Waals surface area contributed by atoms with Crippen LogP contribution in [-0.2, 0) is 97.4 Å². The molecule has 0 unspecified atom stereocenters. The fourth-order valence-corrected chi connectivity index (χ4v) is 17.4. The number of carbonyl (C=O) groups excluding carboxylic acids is 12. The first-order valence-electron chi connectivity index (χ1n) is 40.5. The summed E-state index contributed by atoms with van der Waals surface area (Å²) in [5.74, 6) is -8.77. The Hall–Kier alpha value is -10.1. The first kappa shape index (κ1) is 94.8. The number of aromatic hydroxyl groups is 1. The molecule has 13 N–H and O–H groups in total. The van der Waals surface area contributed by atoms with Gasteiger partial charge in [0.15, 0.2) is 11.5 Å². The Morgan fingerprint density at radius 1 is 0.810 bits per heavy atom. The number of para-hydroxylation sites is 1. The number of hydrogen-bond donors (Lipinski definition) is 12. The van der Waals surface area contributed by atoms with E-state index in [1.165, 1.54) is 74.9 Å². The molecule has 0 aliphatic carbocycles. The van der Waals surface area contributed by atoms with Crippen LogP contribution < -0.4 is 52.6 Å². The van der Waals surface area contributed by atoms with Gasteiger partial charge in [-0.2, -0.15) is 0 Å². The maximum absolute atomic E-state index is 15.2. The molecule has 10 amide bonds. The van der Waals surface area contributed by atoms with Gasteiger partial charge in [-0.1, -0.05) is 131 Å². The van der Waals surface area contributed by atoms with Gasteiger partial charge < -0.3 is 96.3 Å². The number of H-pyrrole nitrogens is 1. The Balaban J connectivity index is 0.826. The number of epoxide rings is 1. The maximum Gasteiger partial charge on any atom is 0.409 e. The number of carbonyl (C=O) groups is 12. The summed E-state index contributed by atoms with van der Waals surface area (Å²) in [5.41, 5.74) is 7.15. The van der Waals surface area contributed by atoms with Gasteiger partial charge in [0.25, 0.3) is 0 Å². The Bertz CT molecular complexity index is 4580. The Kier molecular flexibility index (Phi) is 34.6. The topological polar surface area (TPSA) is 451 Å². The molecule has 4 bridgehead atoms. The molecule has 121 heavy (non-hydrogen) atoms. The molecule has 15 atom stereocenters. The Morgan fingerprint density at radius 3 is 2.19 bits per heavy atom. The number of aromatic amines is 1. The molecule has 3 saturated heterocycles. The van der Waals surface area contributed by atoms with E-state index < -0.39 is 168 Å². The monoisotopic (exact) mass is 1730 g/mol. The number of esters is 1. The molecule has 0 radical (unpaired) electrons. The first-order valence-corrected chi connectivity index (χ1v) is 43.4. The van der Waals surface area contributed by atoms with E-state index in [9.17, 15) is 58.5 Å². The van der Waals surface area contributed by atoms with Crippen molar-refractivity contribution in [3.8, 4) is 11.5 Å². The number of phenols is 1. The summed E-state index contributed by atoms with van der Waals surface area (Å²) in [6.07, 6.45) is 0.0377. The average molecular weight is 1730 g/mol. The third kappa shape index (κ3) is 25.8. The lowest BCUT2D eigenvalue weighted by atomic mass is 9.83. The number of rotatable bonds is 28. The number of aromatic nitrogens is 1. The van der Waals surface area contributed by atoms with Crippen LogP contribution in [0.25, 0.3) is 10.9 Å². The predicted molar refractivity (Wildman–Crippen MR) is 456 cm³/mol. The van der Waals surface area contributed by atoms with Gasteiger partial charge in [-0.25, -0.2) is 9.59 Å². The largest absolute Gasteiger partial charge is 0.508 e. The van der Waals surface area contributed by atoms with E-state index in [0.29, 0.717) is 47.4 Å². The van der Waals surface area contributed by atoms with E-state index in [1.54, 1.807) is 93.8 Å². The number of fused-ring (bicyclic) bond motifs is 6. The van der Waals surface area contributed by atoms with Crippen LogP contribution in [0.1, 0.15) is 121 Å². The van der Waals surface area contributed by atoms with E-state index >= 15 is 14.4 Å². The fraction of sp³-hybridized carbons (Fsp3) is 0.512. The van der Waals surface area contributed by atoms with E-state index in [2.05, 4.69) is 42.2 Å². The van der Waals surface area contributed by atoms with Gasteiger partial charge in [0.2, 0.25) is 53.2 Å². The highest BCUT2D eigenvalue weighted by Gasteiger charge is 2.64. The minimum absolute atomic E-state index is 0.0434. The number of anilines is 1. The van der Waals surface area contributed by atoms with Crippen molar-refractivity contribution in [3.05, 3.63) is 148 Å². The number of allylic oxidation sites excluding steroid dienone is 3. The molecule has 5 heterocycles. The summed E-state index contributed by atoms with van der Waals surface area (Å²) >= 11 is 6.84. The van der Waals surface area contributed by atoms with Crippen molar-refractivity contribution in [2.45, 2.75) is 203 Å². The van der Waals surface area contributed by atoms with Crippen molar-refractivity contribution in [3.63, 3.8) is 0 Å². The highest BCUT2D eigenvalue weighted by atomic mass is 35.5. The second-order valence-electron chi connectivity index (χ2n) is 31.5. The van der Waals surface area contributed by atoms with Gasteiger partial charge >= 0.3 is 12.1 Å². The number of ether oxygens (including phenoxy) is 5. The third-order valence-corrected chi connectivity index (χ3v) is 25.2. The van der Waals surface area contributed by atoms with Gasteiger partial charge in [-0.3, -0.25) is 53.3 Å². The summed E-state index contributed by atoms with van der Waals surface area (Å²) in [7, 11) is 9.57. The van der Waals surface area contributed by atoms with Crippen LogP contribution in [0.3, 0.4) is 0 Å². The second kappa shape index (κ2) is 44.1. The summed E-state index contributed by atoms with van der Waals surface area (Å²) in [5, 5.41) is 53.4. The number of halogens is 1. The standard InChI is InChI=1S/C86H113ClN12O20S2/c1-49-19-18-25-70(116-10)86(114)46-68(117-84(113)96-86)50(2)77-85(5,119-77)69(31-33-73(105)98(7)65-42-55(39-49)43-67(115-9)75(65)87)118-83(112)51(3)97(6)74(106)34-38-120-121-48-72(104)90-37-36-89-71(103)32-30-64-80(109)93-62(40-54-26-28-58(101)29-27-54)79(108)92-61(44-57-47-91-60-24-15-14-23-59(57)60)66(102)45-56(22-16-17-35-88)78(107)95-76(52(4)100)81(110)94-63(82(111)99(64)8)41-53-20-12-11-13-21-53/h11-15,18-21,23-29,42-43,47,50-52,56,61-64,68-70,76-77,91,100-101,114H,16-17,22,30-41,44-46,48,88H2,1-10H3,(H,89,103)(H,90,104)(H,92,108)(H,93,109)(H,94,110)(H,95,107)(H,96,113)/b25-18+,49-19+/t50-,51+,52-,56-,61-,62+,63+,64+,68+,69+,70-,76+,77+,85+,86+/m1/s1. The highest BCUT2D eigenvalue weighted by molar-refractivity contribution is 8.76. The van der Waals surface area contributed by atoms with E-state index in [1.807, 2.05) is 37.3 Å². The molecular formula is C86H113ClN12O20S2. The number of benzene rings is 4. The molecule has 0 saturated carbocycles. The number of amides is 10. The average Bonchev–Trinajstić information content (AvgIpc) is 1.59. The molecule has 4 aromatic carbocycles. The van der Waals surface area contributed by atoms with Crippen LogP contribution in [0.5, 0.6) is 11.5 Å². The van der Waals surface area contributed by atoms with Gasteiger partial charge in [0, 0.05) is 127 Å². The van der Waals surface area contributed by atoms with Gasteiger partial charge in [-0.15, -0.1) is 0 Å². The zero-order valence-electron chi connectivity index (χ0n) is 69.8. The smallest absolute Gasteiger partial charge is 0.409 e. The minimum Gasteiger partial charge on any atom is -0.508 e. The van der Waals surface area contributed by atoms with Crippen molar-refractivity contribution in [1.29, 1.82) is 0 Å². The van der Waals surface area contributed by atoms with Gasteiger partial charge in [0.05, 0.1) is 36.8 Å². The number of phenolic OH excluding ortho intramolecular Hbond substituents is 1. The molecule has 656 valence electrons. The summed E-state index contributed by atoms with van der Waals surface area (Å²) in [6.45, 7) is 8.31. The summed E-state index contributed by atoms with van der Waals surface area (Å²) in [4.78, 5) is 179.